The standard InChI is InChI=1S/C30H34Cl3N3O4S/c1-5-21(4)34-30(38)28(6-2)35(18-24-25(31)13-10-14-26(24)32)29(37)19-36(22-16-15-20(3)27(33)17-22)41(39,40)23-11-8-7-9-12-23/h7-17,21,28H,5-6,18-19H2,1-4H3,(H,34,38)/t21-,28-/m0/s1. The van der Waals surface area contributed by atoms with Crippen LogP contribution in [0, 0.1) is 6.92 Å². The lowest BCUT2D eigenvalue weighted by atomic mass is 10.1. The fourth-order valence-electron chi connectivity index (χ4n) is 4.20. The maximum absolute atomic E-state index is 14.2. The van der Waals surface area contributed by atoms with E-state index in [-0.39, 0.29) is 35.5 Å². The van der Waals surface area contributed by atoms with Crippen LogP contribution in [0.1, 0.15) is 44.7 Å². The van der Waals surface area contributed by atoms with Crippen molar-refractivity contribution in [1.29, 1.82) is 0 Å². The normalized spacial score (nSPS) is 12.9. The first-order chi connectivity index (χ1) is 19.4. The SMILES string of the molecule is CC[C@H](C)NC(=O)[C@H](CC)N(Cc1c(Cl)cccc1Cl)C(=O)CN(c1ccc(C)c(Cl)c1)S(=O)(=O)c1ccccc1. The van der Waals surface area contributed by atoms with Gasteiger partial charge in [0.25, 0.3) is 10.0 Å². The summed E-state index contributed by atoms with van der Waals surface area (Å²) >= 11 is 19.3. The van der Waals surface area contributed by atoms with Crippen molar-refractivity contribution in [3.63, 3.8) is 0 Å². The highest BCUT2D eigenvalue weighted by Gasteiger charge is 2.34. The zero-order valence-corrected chi connectivity index (χ0v) is 26.5. The van der Waals surface area contributed by atoms with E-state index < -0.39 is 28.5 Å². The van der Waals surface area contributed by atoms with Gasteiger partial charge >= 0.3 is 0 Å². The molecule has 0 aromatic heterocycles. The van der Waals surface area contributed by atoms with Crippen molar-refractivity contribution in [2.75, 3.05) is 10.8 Å². The molecule has 7 nitrogen and oxygen atoms in total. The molecule has 0 heterocycles. The molecule has 3 aromatic rings. The number of hydrogen-bond donors (Lipinski definition) is 1. The highest BCUT2D eigenvalue weighted by atomic mass is 35.5. The molecule has 0 spiro atoms. The Bertz CT molecular complexity index is 1470. The second-order valence-corrected chi connectivity index (χ2v) is 12.8. The summed E-state index contributed by atoms with van der Waals surface area (Å²) in [6.07, 6.45) is 0.974. The summed E-state index contributed by atoms with van der Waals surface area (Å²) in [7, 11) is -4.20. The molecule has 0 aliphatic carbocycles. The quantitative estimate of drug-likeness (QED) is 0.235. The summed E-state index contributed by atoms with van der Waals surface area (Å²) in [5, 5.41) is 3.94. The molecule has 0 saturated carbocycles. The van der Waals surface area contributed by atoms with Gasteiger partial charge in [-0.1, -0.05) is 79.0 Å². The average molecular weight is 639 g/mol. The van der Waals surface area contributed by atoms with Crippen molar-refractivity contribution in [1.82, 2.24) is 10.2 Å². The molecule has 3 aromatic carbocycles. The molecule has 0 saturated heterocycles. The Morgan fingerprint density at radius 3 is 2.07 bits per heavy atom. The first-order valence-electron chi connectivity index (χ1n) is 13.3. The van der Waals surface area contributed by atoms with E-state index in [0.29, 0.717) is 27.1 Å². The largest absolute Gasteiger partial charge is 0.352 e. The van der Waals surface area contributed by atoms with Gasteiger partial charge in [0.1, 0.15) is 12.6 Å². The van der Waals surface area contributed by atoms with Crippen molar-refractivity contribution in [3.8, 4) is 0 Å². The van der Waals surface area contributed by atoms with E-state index in [4.69, 9.17) is 34.8 Å². The summed E-state index contributed by atoms with van der Waals surface area (Å²) in [5.41, 5.74) is 1.42. The second-order valence-electron chi connectivity index (χ2n) is 9.72. The topological polar surface area (TPSA) is 86.8 Å². The minimum atomic E-state index is -4.20. The van der Waals surface area contributed by atoms with Gasteiger partial charge in [0.05, 0.1) is 10.6 Å². The Morgan fingerprint density at radius 1 is 0.878 bits per heavy atom. The van der Waals surface area contributed by atoms with E-state index in [9.17, 15) is 18.0 Å². The predicted octanol–water partition coefficient (Wildman–Crippen LogP) is 6.87. The van der Waals surface area contributed by atoms with E-state index in [1.807, 2.05) is 13.8 Å². The van der Waals surface area contributed by atoms with Crippen LogP contribution in [0.25, 0.3) is 0 Å². The molecule has 0 unspecified atom stereocenters. The van der Waals surface area contributed by atoms with Gasteiger partial charge in [0, 0.05) is 33.2 Å². The molecule has 0 bridgehead atoms. The third kappa shape index (κ3) is 7.95. The third-order valence-electron chi connectivity index (χ3n) is 6.83. The molecule has 0 aliphatic heterocycles. The Labute approximate surface area is 257 Å². The summed E-state index contributed by atoms with van der Waals surface area (Å²) in [5.74, 6) is -0.961. The first-order valence-corrected chi connectivity index (χ1v) is 15.8. The number of carbonyl (C=O) groups excluding carboxylic acids is 2. The Balaban J connectivity index is 2.11. The van der Waals surface area contributed by atoms with Crippen LogP contribution in [0.4, 0.5) is 5.69 Å². The molecular weight excluding hydrogens is 605 g/mol. The maximum Gasteiger partial charge on any atom is 0.264 e. The highest BCUT2D eigenvalue weighted by molar-refractivity contribution is 7.92. The van der Waals surface area contributed by atoms with Crippen LogP contribution in [-0.2, 0) is 26.2 Å². The molecule has 0 aliphatic rings. The molecule has 220 valence electrons. The Hall–Kier alpha value is -2.78. The van der Waals surface area contributed by atoms with Gasteiger partial charge in [-0.2, -0.15) is 0 Å². The zero-order valence-electron chi connectivity index (χ0n) is 23.4. The van der Waals surface area contributed by atoms with Gasteiger partial charge in [0.2, 0.25) is 11.8 Å². The van der Waals surface area contributed by atoms with Crippen LogP contribution in [-0.4, -0.2) is 43.8 Å². The lowest BCUT2D eigenvalue weighted by molar-refractivity contribution is -0.140. The maximum atomic E-state index is 14.2. The molecular formula is C30H34Cl3N3O4S. The summed E-state index contributed by atoms with van der Waals surface area (Å²) < 4.78 is 28.8. The Morgan fingerprint density at radius 2 is 1.51 bits per heavy atom. The van der Waals surface area contributed by atoms with Crippen LogP contribution < -0.4 is 9.62 Å². The Kier molecular flexibility index (Phi) is 11.5. The average Bonchev–Trinajstić information content (AvgIpc) is 2.94. The molecule has 0 radical (unpaired) electrons. The molecule has 41 heavy (non-hydrogen) atoms. The van der Waals surface area contributed by atoms with Crippen LogP contribution in [0.3, 0.4) is 0 Å². The third-order valence-corrected chi connectivity index (χ3v) is 9.73. The molecule has 0 fully saturated rings. The number of amides is 2. The van der Waals surface area contributed by atoms with Crippen molar-refractivity contribution >= 4 is 62.3 Å². The molecule has 2 atom stereocenters. The van der Waals surface area contributed by atoms with Crippen LogP contribution >= 0.6 is 34.8 Å². The van der Waals surface area contributed by atoms with Gasteiger partial charge in [-0.25, -0.2) is 8.42 Å². The van der Waals surface area contributed by atoms with Crippen LogP contribution in [0.5, 0.6) is 0 Å². The van der Waals surface area contributed by atoms with E-state index in [1.54, 1.807) is 62.4 Å². The second kappa shape index (κ2) is 14.4. The number of nitrogens with one attached hydrogen (secondary N) is 1. The monoisotopic (exact) mass is 637 g/mol. The van der Waals surface area contributed by atoms with Crippen LogP contribution in [0.15, 0.2) is 71.6 Å². The minimum absolute atomic E-state index is 0.00625. The predicted molar refractivity (Wildman–Crippen MR) is 166 cm³/mol. The summed E-state index contributed by atoms with van der Waals surface area (Å²) in [6.45, 7) is 6.70. The van der Waals surface area contributed by atoms with E-state index in [1.165, 1.54) is 23.1 Å². The molecule has 1 N–H and O–H groups in total. The first kappa shape index (κ1) is 32.7. The number of rotatable bonds is 12. The van der Waals surface area contributed by atoms with E-state index in [2.05, 4.69) is 5.32 Å². The number of halogens is 3. The fraction of sp³-hybridized carbons (Fsp3) is 0.333. The van der Waals surface area contributed by atoms with Crippen molar-refractivity contribution < 1.29 is 18.0 Å². The number of anilines is 1. The smallest absolute Gasteiger partial charge is 0.264 e. The number of carbonyl (C=O) groups is 2. The lowest BCUT2D eigenvalue weighted by Crippen LogP contribution is -2.53. The lowest BCUT2D eigenvalue weighted by Gasteiger charge is -2.34. The van der Waals surface area contributed by atoms with Gasteiger partial charge in [-0.15, -0.1) is 0 Å². The number of benzene rings is 3. The van der Waals surface area contributed by atoms with Gasteiger partial charge in [-0.3, -0.25) is 13.9 Å². The molecule has 2 amide bonds. The van der Waals surface area contributed by atoms with Gasteiger partial charge in [0.15, 0.2) is 0 Å². The van der Waals surface area contributed by atoms with E-state index >= 15 is 0 Å². The summed E-state index contributed by atoms with van der Waals surface area (Å²) in [4.78, 5) is 28.9. The minimum Gasteiger partial charge on any atom is -0.352 e. The summed E-state index contributed by atoms with van der Waals surface area (Å²) in [6, 6.07) is 16.6. The highest BCUT2D eigenvalue weighted by Crippen LogP contribution is 2.30. The van der Waals surface area contributed by atoms with E-state index in [0.717, 1.165) is 9.87 Å². The zero-order chi connectivity index (χ0) is 30.3. The number of aryl methyl sites for hydroxylation is 1. The van der Waals surface area contributed by atoms with Gasteiger partial charge < -0.3 is 10.2 Å². The number of nitrogens with zero attached hydrogens (tertiary/aromatic N) is 2. The number of hydrogen-bond acceptors (Lipinski definition) is 4. The van der Waals surface area contributed by atoms with Gasteiger partial charge in [-0.05, 0) is 68.7 Å². The van der Waals surface area contributed by atoms with Crippen molar-refractivity contribution in [3.05, 3.63) is 92.9 Å². The van der Waals surface area contributed by atoms with Crippen LogP contribution in [0.2, 0.25) is 15.1 Å². The molecule has 3 rings (SSSR count). The fourth-order valence-corrected chi connectivity index (χ4v) is 6.32. The van der Waals surface area contributed by atoms with Crippen molar-refractivity contribution in [2.45, 2.75) is 64.1 Å². The van der Waals surface area contributed by atoms with Crippen molar-refractivity contribution in [2.24, 2.45) is 0 Å². The molecule has 11 heteroatoms. The number of sulfonamides is 1.